The van der Waals surface area contributed by atoms with E-state index in [1.807, 2.05) is 0 Å². The van der Waals surface area contributed by atoms with Crippen molar-refractivity contribution in [1.29, 1.82) is 0 Å². The minimum absolute atomic E-state index is 0.633. The van der Waals surface area contributed by atoms with Gasteiger partial charge < -0.3 is 5.32 Å². The molecule has 1 saturated carbocycles. The molecular weight excluding hydrogens is 184 g/mol. The quantitative estimate of drug-likeness (QED) is 0.765. The zero-order valence-electron chi connectivity index (χ0n) is 10.3. The first-order valence-electron chi connectivity index (χ1n) is 6.75. The Morgan fingerprint density at radius 2 is 2.00 bits per heavy atom. The first kappa shape index (κ1) is 11.4. The summed E-state index contributed by atoms with van der Waals surface area (Å²) in [5.41, 5.74) is 0. The summed E-state index contributed by atoms with van der Waals surface area (Å²) in [4.78, 5) is 2.75. The van der Waals surface area contributed by atoms with Gasteiger partial charge in [-0.3, -0.25) is 4.90 Å². The van der Waals surface area contributed by atoms with E-state index in [4.69, 9.17) is 0 Å². The van der Waals surface area contributed by atoms with Crippen molar-refractivity contribution >= 4 is 0 Å². The maximum absolute atomic E-state index is 3.53. The largest absolute Gasteiger partial charge is 0.313 e. The predicted molar refractivity (Wildman–Crippen MR) is 65.1 cm³/mol. The van der Waals surface area contributed by atoms with Crippen molar-refractivity contribution in [2.75, 3.05) is 19.6 Å². The van der Waals surface area contributed by atoms with Gasteiger partial charge in [0.2, 0.25) is 0 Å². The Morgan fingerprint density at radius 1 is 1.20 bits per heavy atom. The molecule has 88 valence electrons. The highest BCUT2D eigenvalue weighted by Crippen LogP contribution is 2.36. The van der Waals surface area contributed by atoms with Gasteiger partial charge in [-0.05, 0) is 38.1 Å². The molecule has 1 saturated heterocycles. The van der Waals surface area contributed by atoms with Crippen LogP contribution < -0.4 is 5.32 Å². The highest BCUT2D eigenvalue weighted by Gasteiger charge is 2.34. The second-order valence-electron chi connectivity index (χ2n) is 5.55. The van der Waals surface area contributed by atoms with Gasteiger partial charge in [0.15, 0.2) is 0 Å². The third-order valence-corrected chi connectivity index (χ3v) is 4.06. The molecule has 2 nitrogen and oxygen atoms in total. The molecule has 1 heterocycles. The molecule has 2 unspecified atom stereocenters. The topological polar surface area (TPSA) is 15.3 Å². The second-order valence-corrected chi connectivity index (χ2v) is 5.55. The second kappa shape index (κ2) is 5.31. The molecule has 2 fully saturated rings. The smallest absolute Gasteiger partial charge is 0.0124 e. The molecule has 1 aliphatic heterocycles. The number of piperidine rings is 1. The number of likely N-dealkylation sites (tertiary alicyclic amines) is 1. The van der Waals surface area contributed by atoms with Gasteiger partial charge in [0.25, 0.3) is 0 Å². The van der Waals surface area contributed by atoms with E-state index < -0.39 is 0 Å². The van der Waals surface area contributed by atoms with Crippen molar-refractivity contribution in [2.24, 2.45) is 5.92 Å². The summed E-state index contributed by atoms with van der Waals surface area (Å²) >= 11 is 0. The van der Waals surface area contributed by atoms with E-state index in [9.17, 15) is 0 Å². The van der Waals surface area contributed by atoms with E-state index >= 15 is 0 Å². The average molecular weight is 210 g/mol. The van der Waals surface area contributed by atoms with Gasteiger partial charge in [0.1, 0.15) is 0 Å². The molecule has 0 aromatic carbocycles. The van der Waals surface area contributed by atoms with E-state index in [2.05, 4.69) is 24.1 Å². The van der Waals surface area contributed by atoms with E-state index in [1.165, 1.54) is 51.7 Å². The third-order valence-electron chi connectivity index (χ3n) is 4.06. The number of hydrogen-bond donors (Lipinski definition) is 1. The highest BCUT2D eigenvalue weighted by atomic mass is 15.2. The van der Waals surface area contributed by atoms with Crippen molar-refractivity contribution in [1.82, 2.24) is 10.2 Å². The zero-order valence-corrected chi connectivity index (χ0v) is 10.3. The van der Waals surface area contributed by atoms with Crippen LogP contribution in [0, 0.1) is 5.92 Å². The van der Waals surface area contributed by atoms with Crippen LogP contribution in [0.25, 0.3) is 0 Å². The molecule has 0 spiro atoms. The predicted octanol–water partition coefficient (Wildman–Crippen LogP) is 2.25. The van der Waals surface area contributed by atoms with Gasteiger partial charge in [0, 0.05) is 25.2 Å². The lowest BCUT2D eigenvalue weighted by atomic mass is 9.92. The first-order chi connectivity index (χ1) is 7.27. The summed E-state index contributed by atoms with van der Waals surface area (Å²) in [6.45, 7) is 8.24. The molecule has 0 aromatic heterocycles. The normalized spacial score (nSPS) is 32.2. The van der Waals surface area contributed by atoms with Crippen molar-refractivity contribution in [3.05, 3.63) is 0 Å². The summed E-state index contributed by atoms with van der Waals surface area (Å²) in [6, 6.07) is 1.57. The van der Waals surface area contributed by atoms with Crippen LogP contribution in [0.3, 0.4) is 0 Å². The van der Waals surface area contributed by atoms with Gasteiger partial charge >= 0.3 is 0 Å². The van der Waals surface area contributed by atoms with Crippen LogP contribution >= 0.6 is 0 Å². The minimum Gasteiger partial charge on any atom is -0.313 e. The average Bonchev–Trinajstić information content (AvgIpc) is 2.65. The summed E-state index contributed by atoms with van der Waals surface area (Å²) in [5, 5.41) is 3.53. The molecule has 15 heavy (non-hydrogen) atoms. The fraction of sp³-hybridized carbons (Fsp3) is 1.00. The Hall–Kier alpha value is -0.0800. The van der Waals surface area contributed by atoms with Gasteiger partial charge in [-0.1, -0.05) is 20.3 Å². The van der Waals surface area contributed by atoms with E-state index in [1.54, 1.807) is 0 Å². The van der Waals surface area contributed by atoms with Gasteiger partial charge in [-0.2, -0.15) is 0 Å². The summed E-state index contributed by atoms with van der Waals surface area (Å²) in [7, 11) is 0. The van der Waals surface area contributed by atoms with Crippen LogP contribution in [0.5, 0.6) is 0 Å². The number of nitrogens with one attached hydrogen (secondary N) is 1. The Bertz CT molecular complexity index is 191. The Kier molecular flexibility index (Phi) is 4.04. The highest BCUT2D eigenvalue weighted by molar-refractivity contribution is 4.89. The molecule has 0 amide bonds. The molecule has 0 aromatic rings. The van der Waals surface area contributed by atoms with Crippen LogP contribution in [0.2, 0.25) is 0 Å². The number of rotatable bonds is 4. The van der Waals surface area contributed by atoms with Crippen molar-refractivity contribution in [2.45, 2.75) is 58.0 Å². The maximum atomic E-state index is 3.53. The molecule has 2 rings (SSSR count). The lowest BCUT2D eigenvalue weighted by molar-refractivity contribution is 0.113. The monoisotopic (exact) mass is 210 g/mol. The number of fused-ring (bicyclic) bond motifs is 1. The van der Waals surface area contributed by atoms with Crippen LogP contribution in [-0.4, -0.2) is 36.6 Å². The molecule has 1 N–H and O–H groups in total. The van der Waals surface area contributed by atoms with E-state index in [0.29, 0.717) is 6.04 Å². The lowest BCUT2D eigenvalue weighted by Gasteiger charge is -2.37. The number of nitrogens with zero attached hydrogens (tertiary/aromatic N) is 1. The molecular formula is C13H26N2. The summed E-state index contributed by atoms with van der Waals surface area (Å²) in [5.74, 6) is 1.04. The van der Waals surface area contributed by atoms with Crippen LogP contribution in [0.1, 0.15) is 46.0 Å². The summed E-state index contributed by atoms with van der Waals surface area (Å²) < 4.78 is 0. The van der Waals surface area contributed by atoms with Crippen LogP contribution in [0.4, 0.5) is 0 Å². The molecule has 0 bridgehead atoms. The van der Waals surface area contributed by atoms with Gasteiger partial charge in [0.05, 0.1) is 0 Å². The maximum Gasteiger partial charge on any atom is 0.0124 e. The van der Waals surface area contributed by atoms with Crippen molar-refractivity contribution in [3.8, 4) is 0 Å². The van der Waals surface area contributed by atoms with E-state index in [0.717, 1.165) is 12.0 Å². The van der Waals surface area contributed by atoms with Crippen LogP contribution in [-0.2, 0) is 0 Å². The minimum atomic E-state index is 0.633. The first-order valence-corrected chi connectivity index (χ1v) is 6.75. The van der Waals surface area contributed by atoms with Crippen molar-refractivity contribution < 1.29 is 0 Å². The third kappa shape index (κ3) is 2.94. The zero-order chi connectivity index (χ0) is 10.7. The molecule has 2 atom stereocenters. The van der Waals surface area contributed by atoms with Crippen LogP contribution in [0.15, 0.2) is 0 Å². The molecule has 0 radical (unpaired) electrons. The Balaban J connectivity index is 1.75. The SMILES string of the molecule is CC(C)NCCN1CCCC2CCCC21. The fourth-order valence-corrected chi connectivity index (χ4v) is 3.33. The fourth-order valence-electron chi connectivity index (χ4n) is 3.33. The van der Waals surface area contributed by atoms with Gasteiger partial charge in [-0.25, -0.2) is 0 Å². The molecule has 1 aliphatic carbocycles. The Labute approximate surface area is 94.4 Å². The molecule has 2 heteroatoms. The van der Waals surface area contributed by atoms with E-state index in [-0.39, 0.29) is 0 Å². The van der Waals surface area contributed by atoms with Gasteiger partial charge in [-0.15, -0.1) is 0 Å². The number of hydrogen-bond acceptors (Lipinski definition) is 2. The lowest BCUT2D eigenvalue weighted by Crippen LogP contribution is -2.46. The van der Waals surface area contributed by atoms with Crippen molar-refractivity contribution in [3.63, 3.8) is 0 Å². The summed E-state index contributed by atoms with van der Waals surface area (Å²) in [6.07, 6.45) is 7.37. The standard InChI is InChI=1S/C13H26N2/c1-11(2)14-8-10-15-9-4-6-12-5-3-7-13(12)15/h11-14H,3-10H2,1-2H3. The molecule has 2 aliphatic rings. The Morgan fingerprint density at radius 3 is 2.80 bits per heavy atom.